The standard InChI is InChI=1S/C18H36N2/c1-14(2)15-8-6-11-20(12-9-15)13-16-7-5-10-18(3,4)17(16)19/h14-17H,5-13,19H2,1-4H3. The molecule has 0 radical (unpaired) electrons. The van der Waals surface area contributed by atoms with Gasteiger partial charge in [0.25, 0.3) is 0 Å². The second kappa shape index (κ2) is 6.79. The van der Waals surface area contributed by atoms with E-state index in [4.69, 9.17) is 5.73 Å². The van der Waals surface area contributed by atoms with Gasteiger partial charge in [-0.1, -0.05) is 34.1 Å². The average Bonchev–Trinajstić information content (AvgIpc) is 2.60. The van der Waals surface area contributed by atoms with Crippen LogP contribution in [0.2, 0.25) is 0 Å². The Morgan fingerprint density at radius 3 is 2.55 bits per heavy atom. The van der Waals surface area contributed by atoms with Crippen molar-refractivity contribution >= 4 is 0 Å². The van der Waals surface area contributed by atoms with Gasteiger partial charge in [0.2, 0.25) is 0 Å². The number of hydrogen-bond acceptors (Lipinski definition) is 2. The van der Waals surface area contributed by atoms with Crippen LogP contribution in [0.5, 0.6) is 0 Å². The van der Waals surface area contributed by atoms with Crippen molar-refractivity contribution in [3.05, 3.63) is 0 Å². The molecule has 2 fully saturated rings. The molecular formula is C18H36N2. The van der Waals surface area contributed by atoms with E-state index in [2.05, 4.69) is 32.6 Å². The van der Waals surface area contributed by atoms with Crippen LogP contribution >= 0.6 is 0 Å². The Hall–Kier alpha value is -0.0800. The van der Waals surface area contributed by atoms with Crippen molar-refractivity contribution in [2.24, 2.45) is 28.9 Å². The third kappa shape index (κ3) is 3.98. The van der Waals surface area contributed by atoms with Gasteiger partial charge in [-0.3, -0.25) is 0 Å². The summed E-state index contributed by atoms with van der Waals surface area (Å²) < 4.78 is 0. The van der Waals surface area contributed by atoms with Crippen LogP contribution in [0, 0.1) is 23.2 Å². The van der Waals surface area contributed by atoms with Crippen LogP contribution in [0.3, 0.4) is 0 Å². The first-order valence-corrected chi connectivity index (χ1v) is 8.88. The fourth-order valence-electron chi connectivity index (χ4n) is 4.37. The lowest BCUT2D eigenvalue weighted by Gasteiger charge is -2.43. The van der Waals surface area contributed by atoms with Crippen LogP contribution in [0.15, 0.2) is 0 Å². The maximum atomic E-state index is 6.56. The Morgan fingerprint density at radius 1 is 1.10 bits per heavy atom. The van der Waals surface area contributed by atoms with E-state index in [0.717, 1.165) is 11.8 Å². The summed E-state index contributed by atoms with van der Waals surface area (Å²) in [7, 11) is 0. The fraction of sp³-hybridized carbons (Fsp3) is 1.00. The molecule has 1 heterocycles. The Bertz CT molecular complexity index is 298. The largest absolute Gasteiger partial charge is 0.327 e. The van der Waals surface area contributed by atoms with Crippen molar-refractivity contribution in [2.75, 3.05) is 19.6 Å². The van der Waals surface area contributed by atoms with Crippen LogP contribution in [0.25, 0.3) is 0 Å². The van der Waals surface area contributed by atoms with Crippen LogP contribution in [0.4, 0.5) is 0 Å². The van der Waals surface area contributed by atoms with Crippen molar-refractivity contribution in [3.63, 3.8) is 0 Å². The molecule has 118 valence electrons. The summed E-state index contributed by atoms with van der Waals surface area (Å²) in [5.74, 6) is 2.51. The van der Waals surface area contributed by atoms with Crippen LogP contribution in [-0.2, 0) is 0 Å². The molecule has 1 saturated carbocycles. The molecule has 2 heteroatoms. The third-order valence-corrected chi connectivity index (χ3v) is 6.11. The zero-order chi connectivity index (χ0) is 14.8. The molecule has 2 nitrogen and oxygen atoms in total. The van der Waals surface area contributed by atoms with Crippen LogP contribution < -0.4 is 5.73 Å². The van der Waals surface area contributed by atoms with Gasteiger partial charge in [-0.05, 0) is 68.4 Å². The quantitative estimate of drug-likeness (QED) is 0.849. The number of nitrogens with zero attached hydrogens (tertiary/aromatic N) is 1. The zero-order valence-corrected chi connectivity index (χ0v) is 14.2. The molecular weight excluding hydrogens is 244 g/mol. The second-order valence-electron chi connectivity index (χ2n) is 8.40. The molecule has 20 heavy (non-hydrogen) atoms. The predicted molar refractivity (Wildman–Crippen MR) is 87.7 cm³/mol. The smallest absolute Gasteiger partial charge is 0.0131 e. The summed E-state index contributed by atoms with van der Waals surface area (Å²) in [5.41, 5.74) is 6.90. The first kappa shape index (κ1) is 16.3. The van der Waals surface area contributed by atoms with Crippen LogP contribution in [0.1, 0.15) is 66.2 Å². The molecule has 3 atom stereocenters. The van der Waals surface area contributed by atoms with Gasteiger partial charge in [0, 0.05) is 12.6 Å². The number of nitrogens with two attached hydrogens (primary N) is 1. The highest BCUT2D eigenvalue weighted by molar-refractivity contribution is 4.92. The molecule has 0 amide bonds. The van der Waals surface area contributed by atoms with Crippen LogP contribution in [-0.4, -0.2) is 30.6 Å². The minimum absolute atomic E-state index is 0.342. The highest BCUT2D eigenvalue weighted by Crippen LogP contribution is 2.38. The minimum Gasteiger partial charge on any atom is -0.327 e. The molecule has 3 unspecified atom stereocenters. The normalized spacial score (nSPS) is 36.0. The molecule has 0 aromatic carbocycles. The molecule has 1 saturated heterocycles. The molecule has 2 aliphatic rings. The summed E-state index contributed by atoms with van der Waals surface area (Å²) in [4.78, 5) is 2.72. The average molecular weight is 281 g/mol. The topological polar surface area (TPSA) is 29.3 Å². The summed E-state index contributed by atoms with van der Waals surface area (Å²) in [6.07, 6.45) is 8.22. The summed E-state index contributed by atoms with van der Waals surface area (Å²) in [6.45, 7) is 13.3. The molecule has 0 bridgehead atoms. The SMILES string of the molecule is CC(C)C1CCCN(CC2CCCC(C)(C)C2N)CC1. The number of hydrogen-bond donors (Lipinski definition) is 1. The van der Waals surface area contributed by atoms with Crippen molar-refractivity contribution in [3.8, 4) is 0 Å². The van der Waals surface area contributed by atoms with Gasteiger partial charge in [-0.2, -0.15) is 0 Å². The highest BCUT2D eigenvalue weighted by atomic mass is 15.1. The molecule has 2 N–H and O–H groups in total. The molecule has 1 aliphatic heterocycles. The highest BCUT2D eigenvalue weighted by Gasteiger charge is 2.37. The minimum atomic E-state index is 0.342. The third-order valence-electron chi connectivity index (χ3n) is 6.11. The van der Waals surface area contributed by atoms with E-state index in [9.17, 15) is 0 Å². The Morgan fingerprint density at radius 2 is 1.85 bits per heavy atom. The molecule has 2 rings (SSSR count). The van der Waals surface area contributed by atoms with E-state index >= 15 is 0 Å². The monoisotopic (exact) mass is 280 g/mol. The number of likely N-dealkylation sites (tertiary alicyclic amines) is 1. The van der Waals surface area contributed by atoms with Gasteiger partial charge < -0.3 is 10.6 Å². The van der Waals surface area contributed by atoms with Gasteiger partial charge in [0.15, 0.2) is 0 Å². The Labute approximate surface area is 126 Å². The number of rotatable bonds is 3. The lowest BCUT2D eigenvalue weighted by molar-refractivity contribution is 0.103. The zero-order valence-electron chi connectivity index (χ0n) is 14.2. The fourth-order valence-corrected chi connectivity index (χ4v) is 4.37. The van der Waals surface area contributed by atoms with Gasteiger partial charge in [-0.15, -0.1) is 0 Å². The Kier molecular flexibility index (Phi) is 5.53. The van der Waals surface area contributed by atoms with Gasteiger partial charge in [0.05, 0.1) is 0 Å². The van der Waals surface area contributed by atoms with Gasteiger partial charge >= 0.3 is 0 Å². The lowest BCUT2D eigenvalue weighted by atomic mass is 9.68. The van der Waals surface area contributed by atoms with E-state index < -0.39 is 0 Å². The maximum absolute atomic E-state index is 6.56. The maximum Gasteiger partial charge on any atom is 0.0131 e. The first-order valence-electron chi connectivity index (χ1n) is 8.88. The van der Waals surface area contributed by atoms with E-state index in [1.165, 1.54) is 58.2 Å². The van der Waals surface area contributed by atoms with Crippen molar-refractivity contribution in [1.29, 1.82) is 0 Å². The van der Waals surface area contributed by atoms with Crippen molar-refractivity contribution < 1.29 is 0 Å². The summed E-state index contributed by atoms with van der Waals surface area (Å²) in [5, 5.41) is 0. The van der Waals surface area contributed by atoms with Crippen molar-refractivity contribution in [1.82, 2.24) is 4.90 Å². The predicted octanol–water partition coefficient (Wildman–Crippen LogP) is 3.90. The molecule has 0 aromatic rings. The van der Waals surface area contributed by atoms with Gasteiger partial charge in [0.1, 0.15) is 0 Å². The van der Waals surface area contributed by atoms with E-state index in [-0.39, 0.29) is 0 Å². The van der Waals surface area contributed by atoms with E-state index in [0.29, 0.717) is 17.4 Å². The van der Waals surface area contributed by atoms with E-state index in [1.807, 2.05) is 0 Å². The van der Waals surface area contributed by atoms with E-state index in [1.54, 1.807) is 0 Å². The molecule has 0 aromatic heterocycles. The van der Waals surface area contributed by atoms with Gasteiger partial charge in [-0.25, -0.2) is 0 Å². The Balaban J connectivity index is 1.87. The lowest BCUT2D eigenvalue weighted by Crippen LogP contribution is -2.50. The molecule has 1 aliphatic carbocycles. The first-order chi connectivity index (χ1) is 9.40. The summed E-state index contributed by atoms with van der Waals surface area (Å²) in [6, 6.07) is 0.389. The van der Waals surface area contributed by atoms with Crippen molar-refractivity contribution in [2.45, 2.75) is 72.3 Å². The second-order valence-corrected chi connectivity index (χ2v) is 8.40. The molecule has 0 spiro atoms. The summed E-state index contributed by atoms with van der Waals surface area (Å²) >= 11 is 0.